The maximum atomic E-state index is 4.75. The highest BCUT2D eigenvalue weighted by Gasteiger charge is 2.19. The summed E-state index contributed by atoms with van der Waals surface area (Å²) in [5.41, 5.74) is 15.0. The second-order valence-electron chi connectivity index (χ2n) is 12.8. The van der Waals surface area contributed by atoms with Gasteiger partial charge in [-0.15, -0.1) is 10.2 Å². The van der Waals surface area contributed by atoms with Crippen molar-refractivity contribution in [3.63, 3.8) is 0 Å². The van der Waals surface area contributed by atoms with Gasteiger partial charge >= 0.3 is 0 Å². The Labute approximate surface area is 303 Å². The maximum Gasteiger partial charge on any atom is 0.113 e. The van der Waals surface area contributed by atoms with Crippen molar-refractivity contribution in [1.82, 2.24) is 15.0 Å². The molecule has 0 aliphatic carbocycles. The number of benzene rings is 8. The van der Waals surface area contributed by atoms with Crippen LogP contribution >= 0.6 is 0 Å². The van der Waals surface area contributed by atoms with Crippen LogP contribution < -0.4 is 4.90 Å². The fourth-order valence-electron chi connectivity index (χ4n) is 6.83. The molecule has 0 amide bonds. The lowest BCUT2D eigenvalue weighted by atomic mass is 9.95. The maximum absolute atomic E-state index is 4.75. The predicted molar refractivity (Wildman–Crippen MR) is 215 cm³/mol. The number of rotatable bonds is 8. The van der Waals surface area contributed by atoms with Crippen LogP contribution in [0.5, 0.6) is 0 Å². The zero-order chi connectivity index (χ0) is 34.7. The van der Waals surface area contributed by atoms with Crippen LogP contribution in [0.3, 0.4) is 0 Å². The molecule has 4 nitrogen and oxygen atoms in total. The van der Waals surface area contributed by atoms with Gasteiger partial charge in [0.2, 0.25) is 0 Å². The van der Waals surface area contributed by atoms with E-state index in [4.69, 9.17) is 10.2 Å². The van der Waals surface area contributed by atoms with Gasteiger partial charge in [-0.05, 0) is 117 Å². The lowest BCUT2D eigenvalue weighted by Gasteiger charge is -2.28. The van der Waals surface area contributed by atoms with Crippen LogP contribution in [-0.4, -0.2) is 15.0 Å². The van der Waals surface area contributed by atoms with Crippen LogP contribution in [0.2, 0.25) is 0 Å². The van der Waals surface area contributed by atoms with Crippen molar-refractivity contribution < 1.29 is 0 Å². The molecule has 0 bridgehead atoms. The van der Waals surface area contributed by atoms with E-state index < -0.39 is 0 Å². The Morgan fingerprint density at radius 1 is 0.288 bits per heavy atom. The SMILES string of the molecule is c1ccc(-c2cc(-c3ccccc3)cc(N(c3ccc(-n4nc5ccccc5n4)cc3)c3cc(-c4ccccc4)cc(-c4ccccc4)c3)c2)cc1. The Morgan fingerprint density at radius 3 is 0.962 bits per heavy atom. The zero-order valence-corrected chi connectivity index (χ0v) is 28.4. The summed E-state index contributed by atoms with van der Waals surface area (Å²) in [6, 6.07) is 72.8. The molecule has 0 fully saturated rings. The summed E-state index contributed by atoms with van der Waals surface area (Å²) in [5.74, 6) is 0. The van der Waals surface area contributed by atoms with Crippen molar-refractivity contribution >= 4 is 28.1 Å². The summed E-state index contributed by atoms with van der Waals surface area (Å²) in [7, 11) is 0. The number of hydrogen-bond donors (Lipinski definition) is 0. The second-order valence-corrected chi connectivity index (χ2v) is 12.8. The van der Waals surface area contributed by atoms with E-state index in [1.165, 1.54) is 0 Å². The normalized spacial score (nSPS) is 11.1. The fraction of sp³-hybridized carbons (Fsp3) is 0. The molecule has 0 N–H and O–H groups in total. The molecule has 0 saturated carbocycles. The number of fused-ring (bicyclic) bond motifs is 1. The molecule has 0 saturated heterocycles. The van der Waals surface area contributed by atoms with Crippen molar-refractivity contribution in [2.45, 2.75) is 0 Å². The lowest BCUT2D eigenvalue weighted by molar-refractivity contribution is 0.766. The first-order valence-electron chi connectivity index (χ1n) is 17.5. The minimum Gasteiger partial charge on any atom is -0.310 e. The minimum absolute atomic E-state index is 0.866. The van der Waals surface area contributed by atoms with Gasteiger partial charge in [-0.2, -0.15) is 4.80 Å². The number of anilines is 3. The van der Waals surface area contributed by atoms with Gasteiger partial charge in [-0.1, -0.05) is 133 Å². The standard InChI is InChI=1S/C48H34N4/c1-5-15-35(16-6-1)39-29-40(36-17-7-2-8-18-36)32-45(31-39)51(43-25-27-44(28-26-43)52-49-47-23-13-14-24-48(47)50-52)46-33-41(37-19-9-3-10-20-37)30-42(34-46)38-21-11-4-12-22-38/h1-34H. The van der Waals surface area contributed by atoms with E-state index in [-0.39, 0.29) is 0 Å². The van der Waals surface area contributed by atoms with Crippen molar-refractivity contribution in [3.05, 3.63) is 206 Å². The fourth-order valence-corrected chi connectivity index (χ4v) is 6.83. The Morgan fingerprint density at radius 2 is 0.615 bits per heavy atom. The first kappa shape index (κ1) is 31.0. The smallest absolute Gasteiger partial charge is 0.113 e. The van der Waals surface area contributed by atoms with Gasteiger partial charge in [0.15, 0.2) is 0 Å². The molecule has 52 heavy (non-hydrogen) atoms. The van der Waals surface area contributed by atoms with E-state index in [1.54, 1.807) is 4.80 Å². The van der Waals surface area contributed by atoms with E-state index in [0.717, 1.165) is 78.3 Å². The highest BCUT2D eigenvalue weighted by molar-refractivity contribution is 5.88. The molecular weight excluding hydrogens is 633 g/mol. The predicted octanol–water partition coefficient (Wildman–Crippen LogP) is 12.6. The molecule has 0 aliphatic rings. The van der Waals surface area contributed by atoms with E-state index in [0.29, 0.717) is 0 Å². The summed E-state index contributed by atoms with van der Waals surface area (Å²) < 4.78 is 0. The van der Waals surface area contributed by atoms with Gasteiger partial charge in [0, 0.05) is 17.1 Å². The second kappa shape index (κ2) is 13.7. The van der Waals surface area contributed by atoms with Crippen molar-refractivity contribution in [2.75, 3.05) is 4.90 Å². The molecule has 1 heterocycles. The summed E-state index contributed by atoms with van der Waals surface area (Å²) in [4.78, 5) is 4.08. The summed E-state index contributed by atoms with van der Waals surface area (Å²) >= 11 is 0. The molecular formula is C48H34N4. The van der Waals surface area contributed by atoms with Crippen LogP contribution in [-0.2, 0) is 0 Å². The van der Waals surface area contributed by atoms with E-state index in [9.17, 15) is 0 Å². The molecule has 0 radical (unpaired) electrons. The van der Waals surface area contributed by atoms with Crippen LogP contribution in [0.15, 0.2) is 206 Å². The first-order valence-corrected chi connectivity index (χ1v) is 17.5. The van der Waals surface area contributed by atoms with Gasteiger partial charge < -0.3 is 4.90 Å². The van der Waals surface area contributed by atoms with Crippen LogP contribution in [0.25, 0.3) is 61.2 Å². The molecule has 1 aromatic heterocycles. The average molecular weight is 667 g/mol. The van der Waals surface area contributed by atoms with Crippen molar-refractivity contribution in [1.29, 1.82) is 0 Å². The quantitative estimate of drug-likeness (QED) is 0.162. The third-order valence-corrected chi connectivity index (χ3v) is 9.41. The Balaban J connectivity index is 1.27. The zero-order valence-electron chi connectivity index (χ0n) is 28.4. The van der Waals surface area contributed by atoms with Crippen LogP contribution in [0, 0.1) is 0 Å². The van der Waals surface area contributed by atoms with Gasteiger partial charge in [-0.3, -0.25) is 0 Å². The first-order chi connectivity index (χ1) is 25.7. The lowest BCUT2D eigenvalue weighted by Crippen LogP contribution is -2.11. The molecule has 0 aliphatic heterocycles. The Kier molecular flexibility index (Phi) is 8.16. The van der Waals surface area contributed by atoms with E-state index >= 15 is 0 Å². The molecule has 9 aromatic rings. The highest BCUT2D eigenvalue weighted by atomic mass is 15.5. The monoisotopic (exact) mass is 666 g/mol. The van der Waals surface area contributed by atoms with Gasteiger partial charge in [0.25, 0.3) is 0 Å². The largest absolute Gasteiger partial charge is 0.310 e. The van der Waals surface area contributed by atoms with Crippen molar-refractivity contribution in [2.24, 2.45) is 0 Å². The third-order valence-electron chi connectivity index (χ3n) is 9.41. The highest BCUT2D eigenvalue weighted by Crippen LogP contribution is 2.42. The molecule has 4 heteroatoms. The Hall–Kier alpha value is -7.04. The average Bonchev–Trinajstić information content (AvgIpc) is 3.67. The summed E-state index contributed by atoms with van der Waals surface area (Å²) in [6.45, 7) is 0. The minimum atomic E-state index is 0.866. The number of hydrogen-bond acceptors (Lipinski definition) is 3. The van der Waals surface area contributed by atoms with Crippen molar-refractivity contribution in [3.8, 4) is 50.2 Å². The topological polar surface area (TPSA) is 34.0 Å². The summed E-state index contributed by atoms with van der Waals surface area (Å²) in [5, 5.41) is 9.49. The third kappa shape index (κ3) is 6.26. The number of aromatic nitrogens is 3. The number of nitrogens with zero attached hydrogens (tertiary/aromatic N) is 4. The van der Waals surface area contributed by atoms with Gasteiger partial charge in [-0.25, -0.2) is 0 Å². The molecule has 0 spiro atoms. The molecule has 8 aromatic carbocycles. The Bertz CT molecular complexity index is 2320. The molecule has 246 valence electrons. The van der Waals surface area contributed by atoms with E-state index in [2.05, 4.69) is 187 Å². The van der Waals surface area contributed by atoms with Crippen LogP contribution in [0.1, 0.15) is 0 Å². The molecule has 9 rings (SSSR count). The van der Waals surface area contributed by atoms with Gasteiger partial charge in [0.1, 0.15) is 11.0 Å². The molecule has 0 unspecified atom stereocenters. The molecule has 0 atom stereocenters. The van der Waals surface area contributed by atoms with E-state index in [1.807, 2.05) is 24.3 Å². The van der Waals surface area contributed by atoms with Crippen LogP contribution in [0.4, 0.5) is 17.1 Å². The van der Waals surface area contributed by atoms with Gasteiger partial charge in [0.05, 0.1) is 5.69 Å². The summed E-state index contributed by atoms with van der Waals surface area (Å²) in [6.07, 6.45) is 0.